The zero-order valence-electron chi connectivity index (χ0n) is 19.8. The summed E-state index contributed by atoms with van der Waals surface area (Å²) in [6.45, 7) is 4.29. The van der Waals surface area contributed by atoms with E-state index in [1.54, 1.807) is 0 Å². The maximum atomic E-state index is 12.6. The second-order valence-corrected chi connectivity index (χ2v) is 10.4. The van der Waals surface area contributed by atoms with E-state index in [0.717, 1.165) is 44.9 Å². The van der Waals surface area contributed by atoms with E-state index in [1.165, 1.54) is 52.2 Å². The predicted octanol–water partition coefficient (Wildman–Crippen LogP) is 1.22. The van der Waals surface area contributed by atoms with Crippen molar-refractivity contribution in [1.29, 1.82) is 0 Å². The van der Waals surface area contributed by atoms with Gasteiger partial charge in [-0.25, -0.2) is 4.90 Å². The Bertz CT molecular complexity index is 575. The summed E-state index contributed by atoms with van der Waals surface area (Å²) in [6.07, 6.45) is 11.5. The minimum absolute atomic E-state index is 0.0474. The quantitative estimate of drug-likeness (QED) is 0.603. The van der Waals surface area contributed by atoms with Gasteiger partial charge in [-0.2, -0.15) is 0 Å². The number of nitrogens with zero attached hydrogens (tertiary/aromatic N) is 2. The molecule has 31 heavy (non-hydrogen) atoms. The van der Waals surface area contributed by atoms with Gasteiger partial charge in [0.1, 0.15) is 18.8 Å². The topological polar surface area (TPSA) is 67.8 Å². The lowest BCUT2D eigenvalue weighted by Crippen LogP contribution is -2.89. The normalized spacial score (nSPS) is 39.9. The molecule has 3 unspecified atom stereocenters. The molecule has 3 atom stereocenters. The molecule has 178 valence electrons. The average Bonchev–Trinajstić information content (AvgIpc) is 3.20. The monoisotopic (exact) mass is 438 g/mol. The van der Waals surface area contributed by atoms with Gasteiger partial charge in [-0.1, -0.05) is 0 Å². The van der Waals surface area contributed by atoms with Crippen molar-refractivity contribution in [2.45, 2.75) is 88.1 Å². The fraction of sp³-hybridized carbons (Fsp3) is 0.958. The Hall–Kier alpha value is -0.730. The summed E-state index contributed by atoms with van der Waals surface area (Å²) in [4.78, 5) is 17.8. The van der Waals surface area contributed by atoms with Crippen molar-refractivity contribution in [1.82, 2.24) is 9.80 Å². The minimum Gasteiger partial charge on any atom is -0.468 e. The van der Waals surface area contributed by atoms with Crippen molar-refractivity contribution in [3.8, 4) is 0 Å². The number of carbonyl (C=O) groups excluding carboxylic acids is 1. The highest BCUT2D eigenvalue weighted by molar-refractivity contribution is 5.75. The van der Waals surface area contributed by atoms with Crippen LogP contribution >= 0.6 is 0 Å². The van der Waals surface area contributed by atoms with E-state index in [-0.39, 0.29) is 12.0 Å². The zero-order valence-corrected chi connectivity index (χ0v) is 19.8. The average molecular weight is 439 g/mol. The lowest BCUT2D eigenvalue weighted by molar-refractivity contribution is -0.678. The number of likely N-dealkylation sites (tertiary alicyclic amines) is 1. The molecule has 0 bridgehead atoms. The number of piperidine rings is 1. The first kappa shape index (κ1) is 23.4. The number of carbonyl (C=O) groups is 1. The number of ether oxygens (including phenoxy) is 3. The molecule has 4 fully saturated rings. The van der Waals surface area contributed by atoms with Crippen LogP contribution in [0.5, 0.6) is 0 Å². The minimum atomic E-state index is -0.0836. The van der Waals surface area contributed by atoms with Gasteiger partial charge >= 0.3 is 5.97 Å². The summed E-state index contributed by atoms with van der Waals surface area (Å²) in [7, 11) is 5.22. The Morgan fingerprint density at radius 3 is 1.90 bits per heavy atom. The molecule has 2 saturated carbocycles. The third-order valence-electron chi connectivity index (χ3n) is 8.68. The van der Waals surface area contributed by atoms with Crippen LogP contribution in [-0.4, -0.2) is 93.7 Å². The molecule has 7 nitrogen and oxygen atoms in total. The van der Waals surface area contributed by atoms with Crippen LogP contribution in [0.4, 0.5) is 0 Å². The highest BCUT2D eigenvalue weighted by atomic mass is 16.5. The van der Waals surface area contributed by atoms with Crippen molar-refractivity contribution >= 4 is 5.97 Å². The summed E-state index contributed by atoms with van der Waals surface area (Å²) >= 11 is 0. The van der Waals surface area contributed by atoms with E-state index in [1.807, 2.05) is 14.2 Å². The van der Waals surface area contributed by atoms with E-state index < -0.39 is 0 Å². The molecular formula is C24H44N3O4+. The number of methoxy groups -OCH3 is 3. The summed E-state index contributed by atoms with van der Waals surface area (Å²) in [5, 5.41) is 2.47. The maximum absolute atomic E-state index is 12.6. The molecule has 7 heteroatoms. The molecule has 2 heterocycles. The van der Waals surface area contributed by atoms with Crippen LogP contribution in [0, 0.1) is 11.8 Å². The van der Waals surface area contributed by atoms with E-state index in [0.29, 0.717) is 30.2 Å². The smallest absolute Gasteiger partial charge is 0.323 e. The van der Waals surface area contributed by atoms with Gasteiger partial charge in [0.15, 0.2) is 0 Å². The van der Waals surface area contributed by atoms with Crippen LogP contribution in [0.3, 0.4) is 0 Å². The second kappa shape index (κ2) is 10.9. The number of hydrogen-bond donors (Lipinski definition) is 1. The van der Waals surface area contributed by atoms with Gasteiger partial charge in [-0.3, -0.25) is 9.69 Å². The molecule has 2 N–H and O–H groups in total. The molecule has 0 aromatic heterocycles. The van der Waals surface area contributed by atoms with E-state index in [9.17, 15) is 4.79 Å². The van der Waals surface area contributed by atoms with Crippen LogP contribution in [-0.2, 0) is 19.0 Å². The Morgan fingerprint density at radius 1 is 0.839 bits per heavy atom. The summed E-state index contributed by atoms with van der Waals surface area (Å²) < 4.78 is 16.3. The molecule has 4 rings (SSSR count). The molecule has 4 aliphatic rings. The maximum Gasteiger partial charge on any atom is 0.323 e. The number of fused-ring (bicyclic) bond motifs is 1. The van der Waals surface area contributed by atoms with Crippen molar-refractivity contribution in [3.63, 3.8) is 0 Å². The largest absolute Gasteiger partial charge is 0.468 e. The first-order chi connectivity index (χ1) is 15.1. The van der Waals surface area contributed by atoms with Gasteiger partial charge in [0.25, 0.3) is 0 Å². The van der Waals surface area contributed by atoms with E-state index in [4.69, 9.17) is 14.2 Å². The second-order valence-electron chi connectivity index (χ2n) is 10.4. The standard InChI is InChI=1S/C24H43N3O4/c1-29-19-8-4-17(5-9-19)13-26-15-23-21(12-22(26)24(28)31-3)25-16-27(23)14-18-6-10-20(30-2)11-7-18/h17-23,25H,4-16H2,1-3H3/p+1. The Labute approximate surface area is 188 Å². The highest BCUT2D eigenvalue weighted by Gasteiger charge is 2.48. The van der Waals surface area contributed by atoms with Gasteiger partial charge in [-0.15, -0.1) is 0 Å². The van der Waals surface area contributed by atoms with Crippen molar-refractivity contribution in [2.24, 2.45) is 11.8 Å². The lowest BCUT2D eigenvalue weighted by Gasteiger charge is -2.43. The molecule has 0 radical (unpaired) electrons. The van der Waals surface area contributed by atoms with E-state index in [2.05, 4.69) is 15.1 Å². The number of quaternary nitrogens is 1. The fourth-order valence-corrected chi connectivity index (χ4v) is 6.67. The Kier molecular flexibility index (Phi) is 8.26. The van der Waals surface area contributed by atoms with Gasteiger partial charge in [0.05, 0.1) is 25.4 Å². The third-order valence-corrected chi connectivity index (χ3v) is 8.68. The fourth-order valence-electron chi connectivity index (χ4n) is 6.67. The van der Waals surface area contributed by atoms with Gasteiger partial charge in [0, 0.05) is 40.3 Å². The predicted molar refractivity (Wildman–Crippen MR) is 119 cm³/mol. The first-order valence-electron chi connectivity index (χ1n) is 12.6. The zero-order chi connectivity index (χ0) is 21.8. The van der Waals surface area contributed by atoms with Gasteiger partial charge in [0.2, 0.25) is 0 Å². The summed E-state index contributed by atoms with van der Waals surface area (Å²) in [5.74, 6) is 1.40. The number of nitrogens with two attached hydrogens (primary N) is 1. The van der Waals surface area contributed by atoms with Gasteiger partial charge in [-0.05, 0) is 63.2 Å². The SMILES string of the molecule is COC(=O)C1CC2[NH2+]CN(CC3CCC(OC)CC3)C2CN1CC1CCC(OC)CC1. The molecule has 0 aromatic carbocycles. The molecule has 2 saturated heterocycles. The molecular weight excluding hydrogens is 394 g/mol. The molecule has 2 aliphatic heterocycles. The van der Waals surface area contributed by atoms with Crippen LogP contribution in [0.1, 0.15) is 57.8 Å². The molecule has 0 aromatic rings. The summed E-state index contributed by atoms with van der Waals surface area (Å²) in [6, 6.07) is 0.982. The first-order valence-corrected chi connectivity index (χ1v) is 12.6. The third kappa shape index (κ3) is 5.61. The van der Waals surface area contributed by atoms with Crippen molar-refractivity contribution < 1.29 is 24.3 Å². The van der Waals surface area contributed by atoms with Crippen molar-refractivity contribution in [3.05, 3.63) is 0 Å². The Morgan fingerprint density at radius 2 is 1.39 bits per heavy atom. The lowest BCUT2D eigenvalue weighted by atomic mass is 9.84. The van der Waals surface area contributed by atoms with Crippen LogP contribution < -0.4 is 5.32 Å². The van der Waals surface area contributed by atoms with E-state index >= 15 is 0 Å². The van der Waals surface area contributed by atoms with Gasteiger partial charge < -0.3 is 19.5 Å². The van der Waals surface area contributed by atoms with Crippen LogP contribution in [0.25, 0.3) is 0 Å². The van der Waals surface area contributed by atoms with Crippen LogP contribution in [0.15, 0.2) is 0 Å². The molecule has 0 spiro atoms. The number of hydrogen-bond acceptors (Lipinski definition) is 6. The number of rotatable bonds is 7. The Balaban J connectivity index is 1.36. The van der Waals surface area contributed by atoms with Crippen LogP contribution in [0.2, 0.25) is 0 Å². The number of esters is 1. The highest BCUT2D eigenvalue weighted by Crippen LogP contribution is 2.32. The molecule has 2 aliphatic carbocycles. The van der Waals surface area contributed by atoms with Crippen molar-refractivity contribution in [2.75, 3.05) is 47.6 Å². The summed E-state index contributed by atoms with van der Waals surface area (Å²) in [5.41, 5.74) is 0. The molecule has 0 amide bonds.